The smallest absolute Gasteiger partial charge is 0.214 e. The zero-order valence-electron chi connectivity index (χ0n) is 17.0. The molecule has 6 nitrogen and oxygen atoms in total. The van der Waals surface area contributed by atoms with Gasteiger partial charge in [0.1, 0.15) is 6.10 Å². The summed E-state index contributed by atoms with van der Waals surface area (Å²) in [7, 11) is 0. The van der Waals surface area contributed by atoms with Crippen molar-refractivity contribution in [2.75, 3.05) is 24.6 Å². The third-order valence-corrected chi connectivity index (χ3v) is 5.94. The van der Waals surface area contributed by atoms with E-state index in [2.05, 4.69) is 31.9 Å². The van der Waals surface area contributed by atoms with E-state index < -0.39 is 0 Å². The molecule has 2 aromatic heterocycles. The van der Waals surface area contributed by atoms with Crippen molar-refractivity contribution in [3.8, 4) is 11.5 Å². The summed E-state index contributed by atoms with van der Waals surface area (Å²) in [5, 5.41) is 5.79. The standard InChI is InChI=1S/C21H28N4O2S/c1-5-26-16-8-6-7-9-17(16)27-15-10-12-24(13-11-15)20-23-25-14-18(21(2,3)4)22-19(25)28-20/h6-9,14-15H,5,10-13H2,1-4H3. The zero-order chi connectivity index (χ0) is 19.7. The van der Waals surface area contributed by atoms with Crippen LogP contribution in [-0.2, 0) is 5.41 Å². The molecule has 3 heterocycles. The fourth-order valence-corrected chi connectivity index (χ4v) is 4.28. The lowest BCUT2D eigenvalue weighted by molar-refractivity contribution is 0.162. The molecular weight excluding hydrogens is 372 g/mol. The molecule has 1 fully saturated rings. The van der Waals surface area contributed by atoms with Gasteiger partial charge >= 0.3 is 0 Å². The van der Waals surface area contributed by atoms with Crippen LogP contribution in [0.15, 0.2) is 30.5 Å². The van der Waals surface area contributed by atoms with E-state index in [4.69, 9.17) is 19.6 Å². The summed E-state index contributed by atoms with van der Waals surface area (Å²) in [5.74, 6) is 1.66. The first-order valence-corrected chi connectivity index (χ1v) is 10.8. The molecule has 0 radical (unpaired) electrons. The number of imidazole rings is 1. The lowest BCUT2D eigenvalue weighted by Crippen LogP contribution is -2.38. The van der Waals surface area contributed by atoms with Gasteiger partial charge in [-0.05, 0) is 19.1 Å². The fourth-order valence-electron chi connectivity index (χ4n) is 3.35. The van der Waals surface area contributed by atoms with Crippen LogP contribution in [0.3, 0.4) is 0 Å². The van der Waals surface area contributed by atoms with Crippen LogP contribution in [-0.4, -0.2) is 40.4 Å². The maximum Gasteiger partial charge on any atom is 0.214 e. The van der Waals surface area contributed by atoms with Gasteiger partial charge in [0.25, 0.3) is 0 Å². The predicted octanol–water partition coefficient (Wildman–Crippen LogP) is 4.53. The molecule has 0 spiro atoms. The van der Waals surface area contributed by atoms with Gasteiger partial charge in [0.2, 0.25) is 10.1 Å². The van der Waals surface area contributed by atoms with Crippen molar-refractivity contribution >= 4 is 21.4 Å². The highest BCUT2D eigenvalue weighted by Gasteiger charge is 2.25. The Morgan fingerprint density at radius 1 is 1.14 bits per heavy atom. The minimum Gasteiger partial charge on any atom is -0.490 e. The Kier molecular flexibility index (Phi) is 5.19. The van der Waals surface area contributed by atoms with Crippen molar-refractivity contribution in [2.45, 2.75) is 52.1 Å². The molecule has 1 aliphatic rings. The van der Waals surface area contributed by atoms with Gasteiger partial charge in [-0.2, -0.15) is 0 Å². The van der Waals surface area contributed by atoms with E-state index in [-0.39, 0.29) is 11.5 Å². The Morgan fingerprint density at radius 2 is 1.86 bits per heavy atom. The number of nitrogens with zero attached hydrogens (tertiary/aromatic N) is 4. The third kappa shape index (κ3) is 3.94. The van der Waals surface area contributed by atoms with Crippen LogP contribution >= 0.6 is 11.3 Å². The molecule has 0 unspecified atom stereocenters. The first-order valence-electron chi connectivity index (χ1n) is 9.94. The fraction of sp³-hybridized carbons (Fsp3) is 0.524. The number of ether oxygens (including phenoxy) is 2. The summed E-state index contributed by atoms with van der Waals surface area (Å²) >= 11 is 1.66. The predicted molar refractivity (Wildman–Crippen MR) is 113 cm³/mol. The van der Waals surface area contributed by atoms with Gasteiger partial charge in [-0.3, -0.25) is 0 Å². The lowest BCUT2D eigenvalue weighted by atomic mass is 9.93. The third-order valence-electron chi connectivity index (χ3n) is 4.96. The Bertz CT molecular complexity index is 904. The molecule has 150 valence electrons. The number of benzene rings is 1. The van der Waals surface area contributed by atoms with Crippen LogP contribution in [0.1, 0.15) is 46.2 Å². The van der Waals surface area contributed by atoms with Crippen LogP contribution in [0.4, 0.5) is 5.13 Å². The highest BCUT2D eigenvalue weighted by molar-refractivity contribution is 7.20. The number of para-hydroxylation sites is 2. The van der Waals surface area contributed by atoms with Crippen molar-refractivity contribution in [2.24, 2.45) is 0 Å². The molecule has 7 heteroatoms. The number of hydrogen-bond acceptors (Lipinski definition) is 6. The van der Waals surface area contributed by atoms with E-state index in [1.807, 2.05) is 35.7 Å². The summed E-state index contributed by atoms with van der Waals surface area (Å²) in [5.41, 5.74) is 1.12. The minimum atomic E-state index is 0.0427. The first kappa shape index (κ1) is 19.1. The summed E-state index contributed by atoms with van der Waals surface area (Å²) in [6.45, 7) is 11.0. The van der Waals surface area contributed by atoms with Crippen molar-refractivity contribution < 1.29 is 9.47 Å². The monoisotopic (exact) mass is 400 g/mol. The molecule has 0 bridgehead atoms. The van der Waals surface area contributed by atoms with E-state index in [1.54, 1.807) is 11.3 Å². The van der Waals surface area contributed by atoms with Crippen LogP contribution in [0, 0.1) is 0 Å². The lowest BCUT2D eigenvalue weighted by Gasteiger charge is -2.32. The maximum absolute atomic E-state index is 6.23. The second-order valence-electron chi connectivity index (χ2n) is 8.17. The first-order chi connectivity index (χ1) is 13.4. The number of hydrogen-bond donors (Lipinski definition) is 0. The molecule has 1 saturated heterocycles. The quantitative estimate of drug-likeness (QED) is 0.630. The molecule has 1 aromatic carbocycles. The summed E-state index contributed by atoms with van der Waals surface area (Å²) in [6, 6.07) is 7.92. The van der Waals surface area contributed by atoms with Gasteiger partial charge in [0.15, 0.2) is 11.5 Å². The van der Waals surface area contributed by atoms with E-state index in [0.29, 0.717) is 6.61 Å². The topological polar surface area (TPSA) is 51.9 Å². The highest BCUT2D eigenvalue weighted by atomic mass is 32.1. The molecule has 4 rings (SSSR count). The largest absolute Gasteiger partial charge is 0.490 e. The minimum absolute atomic E-state index is 0.0427. The van der Waals surface area contributed by atoms with Crippen LogP contribution in [0.25, 0.3) is 4.96 Å². The van der Waals surface area contributed by atoms with Gasteiger partial charge in [0, 0.05) is 31.3 Å². The van der Waals surface area contributed by atoms with Crippen LogP contribution in [0.5, 0.6) is 11.5 Å². The summed E-state index contributed by atoms with van der Waals surface area (Å²) in [6.07, 6.45) is 4.19. The molecule has 0 atom stereocenters. The van der Waals surface area contributed by atoms with Gasteiger partial charge in [-0.1, -0.05) is 44.2 Å². The Morgan fingerprint density at radius 3 is 2.50 bits per heavy atom. The van der Waals surface area contributed by atoms with Gasteiger partial charge < -0.3 is 14.4 Å². The van der Waals surface area contributed by atoms with Crippen molar-refractivity contribution in [3.63, 3.8) is 0 Å². The summed E-state index contributed by atoms with van der Waals surface area (Å²) in [4.78, 5) is 8.05. The molecule has 0 N–H and O–H groups in total. The molecule has 0 amide bonds. The number of aromatic nitrogens is 3. The molecular formula is C21H28N4O2S. The molecule has 0 aliphatic carbocycles. The molecule has 0 saturated carbocycles. The van der Waals surface area contributed by atoms with Crippen molar-refractivity contribution in [3.05, 3.63) is 36.2 Å². The van der Waals surface area contributed by atoms with Crippen molar-refractivity contribution in [1.29, 1.82) is 0 Å². The molecule has 3 aromatic rings. The zero-order valence-corrected chi connectivity index (χ0v) is 17.8. The van der Waals surface area contributed by atoms with Gasteiger partial charge in [-0.15, -0.1) is 5.10 Å². The second-order valence-corrected chi connectivity index (χ2v) is 9.11. The average Bonchev–Trinajstić information content (AvgIpc) is 3.23. The average molecular weight is 401 g/mol. The van der Waals surface area contributed by atoms with E-state index in [0.717, 1.165) is 53.2 Å². The SMILES string of the molecule is CCOc1ccccc1OC1CCN(c2nn3cc(C(C)(C)C)nc3s2)CC1. The Balaban J connectivity index is 1.39. The number of fused-ring (bicyclic) bond motifs is 1. The van der Waals surface area contributed by atoms with E-state index >= 15 is 0 Å². The van der Waals surface area contributed by atoms with Gasteiger partial charge in [-0.25, -0.2) is 9.50 Å². The van der Waals surface area contributed by atoms with Crippen molar-refractivity contribution in [1.82, 2.24) is 14.6 Å². The van der Waals surface area contributed by atoms with Crippen LogP contribution < -0.4 is 14.4 Å². The summed E-state index contributed by atoms with van der Waals surface area (Å²) < 4.78 is 13.8. The van der Waals surface area contributed by atoms with E-state index in [1.165, 1.54) is 0 Å². The Hall–Kier alpha value is -2.28. The normalized spacial score (nSPS) is 15.9. The maximum atomic E-state index is 6.23. The molecule has 28 heavy (non-hydrogen) atoms. The number of rotatable bonds is 5. The molecule has 1 aliphatic heterocycles. The number of piperidine rings is 1. The van der Waals surface area contributed by atoms with E-state index in [9.17, 15) is 0 Å². The van der Waals surface area contributed by atoms with Gasteiger partial charge in [0.05, 0.1) is 18.5 Å². The second kappa shape index (κ2) is 7.62. The number of anilines is 1. The highest BCUT2D eigenvalue weighted by Crippen LogP contribution is 2.32. The Labute approximate surface area is 170 Å². The van der Waals surface area contributed by atoms with Crippen LogP contribution in [0.2, 0.25) is 0 Å².